The molecule has 4 nitrogen and oxygen atoms in total. The molecule has 0 spiro atoms. The van der Waals surface area contributed by atoms with Gasteiger partial charge in [-0.05, 0) is 25.1 Å². The van der Waals surface area contributed by atoms with Crippen LogP contribution in [0, 0.1) is 6.92 Å². The fraction of sp³-hybridized carbons (Fsp3) is 0.0667. The van der Waals surface area contributed by atoms with Crippen LogP contribution in [-0.4, -0.2) is 17.1 Å². The number of amides is 1. The Bertz CT molecular complexity index is 785. The quantitative estimate of drug-likeness (QED) is 0.562. The summed E-state index contributed by atoms with van der Waals surface area (Å²) in [5, 5.41) is 4.89. The molecular formula is C15H13N3OS. The van der Waals surface area contributed by atoms with Gasteiger partial charge in [0.25, 0.3) is 5.91 Å². The Morgan fingerprint density at radius 3 is 2.95 bits per heavy atom. The van der Waals surface area contributed by atoms with Gasteiger partial charge in [0.05, 0.1) is 11.8 Å². The maximum Gasteiger partial charge on any atom is 0.273 e. The molecule has 0 bridgehead atoms. The van der Waals surface area contributed by atoms with E-state index in [9.17, 15) is 4.79 Å². The zero-order chi connectivity index (χ0) is 13.9. The predicted octanol–water partition coefficient (Wildman–Crippen LogP) is 3.30. The maximum absolute atomic E-state index is 12.1. The van der Waals surface area contributed by atoms with Gasteiger partial charge in [0.15, 0.2) is 0 Å². The minimum Gasteiger partial charge on any atom is -0.360 e. The van der Waals surface area contributed by atoms with Gasteiger partial charge in [0.2, 0.25) is 0 Å². The number of nitrogens with zero attached hydrogens (tertiary/aromatic N) is 1. The molecular weight excluding hydrogens is 270 g/mol. The number of aromatic nitrogens is 1. The lowest BCUT2D eigenvalue weighted by molar-refractivity contribution is 0.0957. The Hall–Kier alpha value is -2.40. The van der Waals surface area contributed by atoms with E-state index in [2.05, 4.69) is 15.5 Å². The molecule has 0 aliphatic rings. The average Bonchev–Trinajstić information content (AvgIpc) is 3.05. The lowest BCUT2D eigenvalue weighted by Gasteiger charge is -1.97. The van der Waals surface area contributed by atoms with Crippen LogP contribution in [0.4, 0.5) is 0 Å². The third-order valence-corrected chi connectivity index (χ3v) is 3.89. The fourth-order valence-corrected chi connectivity index (χ4v) is 2.75. The van der Waals surface area contributed by atoms with E-state index in [0.717, 1.165) is 15.8 Å². The topological polar surface area (TPSA) is 57.2 Å². The summed E-state index contributed by atoms with van der Waals surface area (Å²) in [4.78, 5) is 17.4. The van der Waals surface area contributed by atoms with Crippen molar-refractivity contribution >= 4 is 34.4 Å². The van der Waals surface area contributed by atoms with E-state index in [1.54, 1.807) is 23.7 Å². The van der Waals surface area contributed by atoms with Crippen molar-refractivity contribution in [2.24, 2.45) is 5.10 Å². The van der Waals surface area contributed by atoms with Crippen molar-refractivity contribution in [3.8, 4) is 0 Å². The zero-order valence-electron chi connectivity index (χ0n) is 10.9. The van der Waals surface area contributed by atoms with Crippen LogP contribution in [0.5, 0.6) is 0 Å². The third-order valence-electron chi connectivity index (χ3n) is 2.95. The van der Waals surface area contributed by atoms with Gasteiger partial charge in [-0.3, -0.25) is 4.79 Å². The molecule has 1 amide bonds. The molecule has 0 unspecified atom stereocenters. The predicted molar refractivity (Wildman–Crippen MR) is 82.4 cm³/mol. The number of para-hydroxylation sites is 1. The molecule has 5 heteroatoms. The summed E-state index contributed by atoms with van der Waals surface area (Å²) in [5.41, 5.74) is 4.09. The second-order valence-corrected chi connectivity index (χ2v) is 5.71. The highest BCUT2D eigenvalue weighted by atomic mass is 32.1. The molecule has 0 saturated heterocycles. The van der Waals surface area contributed by atoms with Gasteiger partial charge in [-0.25, -0.2) is 5.43 Å². The number of rotatable bonds is 3. The SMILES string of the molecule is Cc1ccc(/C=N/NC(=O)c2c[nH]c3ccccc23)s1. The van der Waals surface area contributed by atoms with Crippen LogP contribution in [0.25, 0.3) is 10.9 Å². The number of benzene rings is 1. The van der Waals surface area contributed by atoms with Gasteiger partial charge in [-0.2, -0.15) is 5.10 Å². The van der Waals surface area contributed by atoms with E-state index < -0.39 is 0 Å². The van der Waals surface area contributed by atoms with Crippen molar-refractivity contribution < 1.29 is 4.79 Å². The van der Waals surface area contributed by atoms with Crippen LogP contribution in [0.1, 0.15) is 20.1 Å². The van der Waals surface area contributed by atoms with E-state index in [0.29, 0.717) is 5.56 Å². The van der Waals surface area contributed by atoms with Crippen LogP contribution in [0.15, 0.2) is 47.7 Å². The number of hydrogen-bond acceptors (Lipinski definition) is 3. The molecule has 2 N–H and O–H groups in total. The molecule has 0 aliphatic carbocycles. The van der Waals surface area contributed by atoms with Crippen LogP contribution in [0.3, 0.4) is 0 Å². The summed E-state index contributed by atoms with van der Waals surface area (Å²) in [5.74, 6) is -0.216. The van der Waals surface area contributed by atoms with Crippen molar-refractivity contribution in [2.45, 2.75) is 6.92 Å². The zero-order valence-corrected chi connectivity index (χ0v) is 11.7. The average molecular weight is 283 g/mol. The highest BCUT2D eigenvalue weighted by molar-refractivity contribution is 7.13. The highest BCUT2D eigenvalue weighted by Gasteiger charge is 2.10. The number of aromatic amines is 1. The second kappa shape index (κ2) is 5.30. The smallest absolute Gasteiger partial charge is 0.273 e. The maximum atomic E-state index is 12.1. The summed E-state index contributed by atoms with van der Waals surface area (Å²) < 4.78 is 0. The Kier molecular flexibility index (Phi) is 3.35. The van der Waals surface area contributed by atoms with E-state index in [-0.39, 0.29) is 5.91 Å². The summed E-state index contributed by atoms with van der Waals surface area (Å²) in [7, 11) is 0. The van der Waals surface area contributed by atoms with E-state index in [1.807, 2.05) is 43.3 Å². The molecule has 2 aromatic heterocycles. The molecule has 0 radical (unpaired) electrons. The fourth-order valence-electron chi connectivity index (χ4n) is 2.00. The highest BCUT2D eigenvalue weighted by Crippen LogP contribution is 2.17. The Balaban J connectivity index is 1.75. The first-order chi connectivity index (χ1) is 9.74. The van der Waals surface area contributed by atoms with Crippen molar-refractivity contribution in [3.05, 3.63) is 57.9 Å². The number of aryl methyl sites for hydroxylation is 1. The van der Waals surface area contributed by atoms with Gasteiger partial charge in [-0.15, -0.1) is 11.3 Å². The van der Waals surface area contributed by atoms with Crippen LogP contribution < -0.4 is 5.43 Å². The van der Waals surface area contributed by atoms with Crippen LogP contribution >= 0.6 is 11.3 Å². The monoisotopic (exact) mass is 283 g/mol. The summed E-state index contributed by atoms with van der Waals surface area (Å²) in [6.45, 7) is 2.03. The minimum atomic E-state index is -0.216. The molecule has 0 aliphatic heterocycles. The van der Waals surface area contributed by atoms with Gasteiger partial charge < -0.3 is 4.98 Å². The Labute approximate surface area is 120 Å². The van der Waals surface area contributed by atoms with Crippen molar-refractivity contribution in [1.29, 1.82) is 0 Å². The largest absolute Gasteiger partial charge is 0.360 e. The lowest BCUT2D eigenvalue weighted by Crippen LogP contribution is -2.17. The number of carbonyl (C=O) groups is 1. The third kappa shape index (κ3) is 2.48. The second-order valence-electron chi connectivity index (χ2n) is 4.40. The van der Waals surface area contributed by atoms with Crippen molar-refractivity contribution in [1.82, 2.24) is 10.4 Å². The Morgan fingerprint density at radius 2 is 2.15 bits per heavy atom. The molecule has 1 aromatic carbocycles. The number of hydrogen-bond donors (Lipinski definition) is 2. The molecule has 0 atom stereocenters. The van der Waals surface area contributed by atoms with E-state index in [4.69, 9.17) is 0 Å². The molecule has 0 fully saturated rings. The summed E-state index contributed by atoms with van der Waals surface area (Å²) in [6, 6.07) is 11.7. The number of hydrazone groups is 1. The van der Waals surface area contributed by atoms with E-state index >= 15 is 0 Å². The van der Waals surface area contributed by atoms with Gasteiger partial charge in [0, 0.05) is 26.9 Å². The Morgan fingerprint density at radius 1 is 1.30 bits per heavy atom. The first-order valence-corrected chi connectivity index (χ1v) is 7.01. The lowest BCUT2D eigenvalue weighted by atomic mass is 10.2. The van der Waals surface area contributed by atoms with Crippen molar-refractivity contribution in [2.75, 3.05) is 0 Å². The molecule has 3 rings (SSSR count). The molecule has 2 heterocycles. The first kappa shape index (κ1) is 12.6. The normalized spacial score (nSPS) is 11.2. The van der Waals surface area contributed by atoms with E-state index in [1.165, 1.54) is 4.88 Å². The number of carbonyl (C=O) groups excluding carboxylic acids is 1. The summed E-state index contributed by atoms with van der Waals surface area (Å²) >= 11 is 1.63. The number of fused-ring (bicyclic) bond motifs is 1. The van der Waals surface area contributed by atoms with Crippen molar-refractivity contribution in [3.63, 3.8) is 0 Å². The minimum absolute atomic E-state index is 0.216. The number of H-pyrrole nitrogens is 1. The van der Waals surface area contributed by atoms with Crippen LogP contribution in [0.2, 0.25) is 0 Å². The molecule has 20 heavy (non-hydrogen) atoms. The number of nitrogens with one attached hydrogen (secondary N) is 2. The van der Waals surface area contributed by atoms with Gasteiger partial charge in [-0.1, -0.05) is 18.2 Å². The van der Waals surface area contributed by atoms with Gasteiger partial charge >= 0.3 is 0 Å². The molecule has 3 aromatic rings. The van der Waals surface area contributed by atoms with Crippen LogP contribution in [-0.2, 0) is 0 Å². The standard InChI is InChI=1S/C15H13N3OS/c1-10-6-7-11(20-10)8-17-18-15(19)13-9-16-14-5-3-2-4-12(13)14/h2-9,16H,1H3,(H,18,19)/b17-8+. The number of thiophene rings is 1. The first-order valence-electron chi connectivity index (χ1n) is 6.20. The molecule has 0 saturated carbocycles. The molecule has 100 valence electrons. The van der Waals surface area contributed by atoms with Gasteiger partial charge in [0.1, 0.15) is 0 Å². The summed E-state index contributed by atoms with van der Waals surface area (Å²) in [6.07, 6.45) is 3.36.